The summed E-state index contributed by atoms with van der Waals surface area (Å²) in [7, 11) is 0. The molecule has 0 saturated carbocycles. The van der Waals surface area contributed by atoms with Gasteiger partial charge in [-0.25, -0.2) is 8.78 Å². The van der Waals surface area contributed by atoms with Crippen molar-refractivity contribution in [3.63, 3.8) is 0 Å². The lowest BCUT2D eigenvalue weighted by Gasteiger charge is -2.15. The lowest BCUT2D eigenvalue weighted by Crippen LogP contribution is -2.23. The van der Waals surface area contributed by atoms with Gasteiger partial charge in [-0.2, -0.15) is 0 Å². The zero-order valence-electron chi connectivity index (χ0n) is 7.67. The van der Waals surface area contributed by atoms with Crippen LogP contribution in [0.25, 0.3) is 0 Å². The van der Waals surface area contributed by atoms with E-state index in [4.69, 9.17) is 5.11 Å². The predicted octanol–water partition coefficient (Wildman–Crippen LogP) is 2.48. The predicted molar refractivity (Wildman–Crippen MR) is 49.3 cm³/mol. The molecule has 13 heavy (non-hydrogen) atoms. The Hall–Kier alpha value is -0.320. The molecule has 0 aromatic heterocycles. The number of alkyl halides is 2. The molecule has 1 N–H and O–H groups in total. The lowest BCUT2D eigenvalue weighted by atomic mass is 10.1. The fraction of sp³-hybridized carbons (Fsp3) is 0.875. The maximum Gasteiger partial charge on any atom is 0.316 e. The first kappa shape index (κ1) is 12.7. The second kappa shape index (κ2) is 6.18. The first-order chi connectivity index (χ1) is 5.95. The average Bonchev–Trinajstić information content (AvgIpc) is 1.95. The number of carbonyl (C=O) groups is 1. The minimum Gasteiger partial charge on any atom is -0.480 e. The van der Waals surface area contributed by atoms with Crippen LogP contribution < -0.4 is 0 Å². The molecule has 2 nitrogen and oxygen atoms in total. The van der Waals surface area contributed by atoms with E-state index in [1.165, 1.54) is 0 Å². The molecule has 0 aromatic carbocycles. The highest BCUT2D eigenvalue weighted by atomic mass is 32.2. The van der Waals surface area contributed by atoms with Crippen LogP contribution in [0.3, 0.4) is 0 Å². The van der Waals surface area contributed by atoms with Crippen molar-refractivity contribution < 1.29 is 18.7 Å². The molecule has 0 bridgehead atoms. The van der Waals surface area contributed by atoms with E-state index in [-0.39, 0.29) is 18.1 Å². The van der Waals surface area contributed by atoms with Crippen LogP contribution in [-0.4, -0.2) is 28.5 Å². The van der Waals surface area contributed by atoms with Gasteiger partial charge in [-0.05, 0) is 11.7 Å². The standard InChI is InChI=1S/C8H14F2O2S/c1-5(2)7(8(11)12)13-4-3-6(9)10/h5-7H,3-4H2,1-2H3,(H,11,12). The molecule has 0 radical (unpaired) electrons. The summed E-state index contributed by atoms with van der Waals surface area (Å²) in [4.78, 5) is 10.6. The second-order valence-corrected chi connectivity index (χ2v) is 4.30. The van der Waals surface area contributed by atoms with Crippen molar-refractivity contribution in [2.75, 3.05) is 5.75 Å². The molecule has 1 unspecified atom stereocenters. The third-order valence-corrected chi connectivity index (χ3v) is 3.06. The summed E-state index contributed by atoms with van der Waals surface area (Å²) >= 11 is 1.09. The highest BCUT2D eigenvalue weighted by Gasteiger charge is 2.21. The summed E-state index contributed by atoms with van der Waals surface area (Å²) in [5.74, 6) is -0.748. The summed E-state index contributed by atoms with van der Waals surface area (Å²) < 4.78 is 23.5. The van der Waals surface area contributed by atoms with E-state index in [0.29, 0.717) is 0 Å². The fourth-order valence-corrected chi connectivity index (χ4v) is 1.93. The van der Waals surface area contributed by atoms with E-state index < -0.39 is 17.6 Å². The molecule has 0 rings (SSSR count). The molecule has 0 aliphatic rings. The molecule has 0 heterocycles. The highest BCUT2D eigenvalue weighted by molar-refractivity contribution is 8.00. The first-order valence-corrected chi connectivity index (χ1v) is 5.12. The molecule has 0 aromatic rings. The molecule has 0 aliphatic heterocycles. The summed E-state index contributed by atoms with van der Waals surface area (Å²) in [6.07, 6.45) is -2.57. The van der Waals surface area contributed by atoms with Crippen LogP contribution in [0.15, 0.2) is 0 Å². The lowest BCUT2D eigenvalue weighted by molar-refractivity contribution is -0.137. The van der Waals surface area contributed by atoms with E-state index in [1.54, 1.807) is 13.8 Å². The molecule has 0 aliphatic carbocycles. The molecule has 0 amide bonds. The monoisotopic (exact) mass is 212 g/mol. The van der Waals surface area contributed by atoms with Gasteiger partial charge in [-0.15, -0.1) is 11.8 Å². The Bertz CT molecular complexity index is 162. The van der Waals surface area contributed by atoms with Gasteiger partial charge >= 0.3 is 5.97 Å². The molecule has 0 fully saturated rings. The molecule has 5 heteroatoms. The van der Waals surface area contributed by atoms with Gasteiger partial charge in [-0.1, -0.05) is 13.8 Å². The molecular weight excluding hydrogens is 198 g/mol. The molecule has 0 saturated heterocycles. The quantitative estimate of drug-likeness (QED) is 0.735. The van der Waals surface area contributed by atoms with Crippen LogP contribution in [0.4, 0.5) is 8.78 Å². The second-order valence-electron chi connectivity index (χ2n) is 3.05. The Morgan fingerprint density at radius 3 is 2.31 bits per heavy atom. The average molecular weight is 212 g/mol. The summed E-state index contributed by atoms with van der Waals surface area (Å²) in [5.41, 5.74) is 0. The topological polar surface area (TPSA) is 37.3 Å². The number of thioether (sulfide) groups is 1. The minimum absolute atomic E-state index is 0.0276. The summed E-state index contributed by atoms with van der Waals surface area (Å²) in [6, 6.07) is 0. The zero-order valence-corrected chi connectivity index (χ0v) is 8.48. The third-order valence-electron chi connectivity index (χ3n) is 1.48. The van der Waals surface area contributed by atoms with E-state index in [2.05, 4.69) is 0 Å². The Kier molecular flexibility index (Phi) is 6.03. The molecule has 0 spiro atoms. The van der Waals surface area contributed by atoms with Crippen LogP contribution in [0.5, 0.6) is 0 Å². The Morgan fingerprint density at radius 1 is 1.46 bits per heavy atom. The van der Waals surface area contributed by atoms with E-state index in [0.717, 1.165) is 11.8 Å². The number of carboxylic acid groups (broad SMARTS) is 1. The van der Waals surface area contributed by atoms with Crippen molar-refractivity contribution in [1.29, 1.82) is 0 Å². The van der Waals surface area contributed by atoms with Gasteiger partial charge < -0.3 is 5.11 Å². The van der Waals surface area contributed by atoms with Gasteiger partial charge in [0, 0.05) is 6.42 Å². The smallest absolute Gasteiger partial charge is 0.316 e. The van der Waals surface area contributed by atoms with Crippen molar-refractivity contribution in [3.05, 3.63) is 0 Å². The number of halogens is 2. The van der Waals surface area contributed by atoms with Gasteiger partial charge in [0.15, 0.2) is 0 Å². The van der Waals surface area contributed by atoms with Gasteiger partial charge in [0.25, 0.3) is 0 Å². The SMILES string of the molecule is CC(C)C(SCCC(F)F)C(=O)O. The van der Waals surface area contributed by atoms with Crippen LogP contribution in [0, 0.1) is 5.92 Å². The van der Waals surface area contributed by atoms with Crippen LogP contribution in [0.2, 0.25) is 0 Å². The minimum atomic E-state index is -2.34. The largest absolute Gasteiger partial charge is 0.480 e. The Balaban J connectivity index is 3.77. The van der Waals surface area contributed by atoms with Crippen molar-refractivity contribution in [1.82, 2.24) is 0 Å². The normalized spacial score (nSPS) is 13.7. The van der Waals surface area contributed by atoms with Gasteiger partial charge in [-0.3, -0.25) is 4.79 Å². The van der Waals surface area contributed by atoms with E-state index >= 15 is 0 Å². The fourth-order valence-electron chi connectivity index (χ4n) is 0.833. The third kappa shape index (κ3) is 5.85. The maximum absolute atomic E-state index is 11.7. The maximum atomic E-state index is 11.7. The van der Waals surface area contributed by atoms with Crippen molar-refractivity contribution in [3.8, 4) is 0 Å². The summed E-state index contributed by atoms with van der Waals surface area (Å²) in [6.45, 7) is 3.54. The number of hydrogen-bond donors (Lipinski definition) is 1. The Labute approximate surface area is 80.7 Å². The number of aliphatic carboxylic acids is 1. The molecule has 1 atom stereocenters. The van der Waals surface area contributed by atoms with Crippen molar-refractivity contribution in [2.24, 2.45) is 5.92 Å². The van der Waals surface area contributed by atoms with E-state index in [1.807, 2.05) is 0 Å². The Morgan fingerprint density at radius 2 is 2.00 bits per heavy atom. The van der Waals surface area contributed by atoms with Crippen LogP contribution in [-0.2, 0) is 4.79 Å². The van der Waals surface area contributed by atoms with Crippen LogP contribution >= 0.6 is 11.8 Å². The van der Waals surface area contributed by atoms with Gasteiger partial charge in [0.1, 0.15) is 5.25 Å². The number of carboxylic acids is 1. The van der Waals surface area contributed by atoms with Gasteiger partial charge in [0.05, 0.1) is 0 Å². The molecular formula is C8H14F2O2S. The zero-order chi connectivity index (χ0) is 10.4. The number of rotatable bonds is 6. The van der Waals surface area contributed by atoms with E-state index in [9.17, 15) is 13.6 Å². The number of hydrogen-bond acceptors (Lipinski definition) is 2. The van der Waals surface area contributed by atoms with Crippen molar-refractivity contribution in [2.45, 2.75) is 31.9 Å². The van der Waals surface area contributed by atoms with Crippen LogP contribution in [0.1, 0.15) is 20.3 Å². The van der Waals surface area contributed by atoms with Gasteiger partial charge in [0.2, 0.25) is 6.43 Å². The summed E-state index contributed by atoms with van der Waals surface area (Å²) in [5, 5.41) is 8.13. The highest BCUT2D eigenvalue weighted by Crippen LogP contribution is 2.21. The first-order valence-electron chi connectivity index (χ1n) is 4.07. The molecule has 78 valence electrons. The van der Waals surface area contributed by atoms with Crippen molar-refractivity contribution >= 4 is 17.7 Å².